The Hall–Kier alpha value is -0.300. The Morgan fingerprint density at radius 3 is 3.00 bits per heavy atom. The van der Waals surface area contributed by atoms with Gasteiger partial charge in [0.05, 0.1) is 0 Å². The topological polar surface area (TPSA) is 3.24 Å². The van der Waals surface area contributed by atoms with Gasteiger partial charge in [-0.3, -0.25) is 0 Å². The van der Waals surface area contributed by atoms with Gasteiger partial charge in [0.25, 0.3) is 0 Å². The summed E-state index contributed by atoms with van der Waals surface area (Å²) in [5.74, 6) is 1.81. The summed E-state index contributed by atoms with van der Waals surface area (Å²) in [6.45, 7) is 6.68. The van der Waals surface area contributed by atoms with Gasteiger partial charge in [0.15, 0.2) is 0 Å². The summed E-state index contributed by atoms with van der Waals surface area (Å²) in [6.07, 6.45) is 2.69. The maximum Gasteiger partial charge on any atom is 0.00471 e. The number of nitrogens with zero attached hydrogens (tertiary/aromatic N) is 1. The summed E-state index contributed by atoms with van der Waals surface area (Å²) in [5.41, 5.74) is 1.51. The van der Waals surface area contributed by atoms with Crippen molar-refractivity contribution < 1.29 is 0 Å². The summed E-state index contributed by atoms with van der Waals surface area (Å²) >= 11 is 0. The molecule has 10 heavy (non-hydrogen) atoms. The minimum absolute atomic E-state index is 0.852. The number of hydrogen-bond donors (Lipinski definition) is 0. The van der Waals surface area contributed by atoms with Gasteiger partial charge < -0.3 is 4.90 Å². The van der Waals surface area contributed by atoms with Crippen molar-refractivity contribution in [2.45, 2.75) is 12.8 Å². The lowest BCUT2D eigenvalue weighted by molar-refractivity contribution is 0.386. The number of hydrogen-bond acceptors (Lipinski definition) is 1. The van der Waals surface area contributed by atoms with Crippen molar-refractivity contribution in [1.82, 2.24) is 4.90 Å². The highest BCUT2D eigenvalue weighted by atomic mass is 15.1. The summed E-state index contributed by atoms with van der Waals surface area (Å²) in [6, 6.07) is 0. The maximum absolute atomic E-state index is 4.10. The van der Waals surface area contributed by atoms with Gasteiger partial charge in [-0.1, -0.05) is 12.2 Å². The molecule has 1 saturated heterocycles. The highest BCUT2D eigenvalue weighted by molar-refractivity contribution is 5.12. The van der Waals surface area contributed by atoms with E-state index in [1.54, 1.807) is 0 Å². The molecule has 0 aromatic rings. The van der Waals surface area contributed by atoms with Crippen LogP contribution in [0.25, 0.3) is 0 Å². The zero-order chi connectivity index (χ0) is 7.14. The third-order valence-corrected chi connectivity index (χ3v) is 2.98. The van der Waals surface area contributed by atoms with Crippen LogP contribution in [0.1, 0.15) is 12.8 Å². The molecule has 1 heterocycles. The van der Waals surface area contributed by atoms with Crippen LogP contribution in [-0.2, 0) is 0 Å². The summed E-state index contributed by atoms with van der Waals surface area (Å²) in [5, 5.41) is 0. The van der Waals surface area contributed by atoms with Gasteiger partial charge in [0, 0.05) is 13.1 Å². The molecule has 1 heteroatoms. The fourth-order valence-electron chi connectivity index (χ4n) is 2.40. The Labute approximate surface area is 62.7 Å². The molecule has 0 amide bonds. The second-order valence-electron chi connectivity index (χ2n) is 3.78. The fourth-order valence-corrected chi connectivity index (χ4v) is 2.40. The van der Waals surface area contributed by atoms with Crippen LogP contribution in [0.2, 0.25) is 0 Å². The van der Waals surface area contributed by atoms with E-state index in [-0.39, 0.29) is 0 Å². The zero-order valence-electron chi connectivity index (χ0n) is 6.64. The average Bonchev–Trinajstić information content (AvgIpc) is 2.35. The van der Waals surface area contributed by atoms with E-state index in [9.17, 15) is 0 Å². The SMILES string of the molecule is C=C1CCC2CN(C)CC12. The third-order valence-electron chi connectivity index (χ3n) is 2.98. The Morgan fingerprint density at radius 1 is 1.50 bits per heavy atom. The van der Waals surface area contributed by atoms with E-state index in [2.05, 4.69) is 18.5 Å². The van der Waals surface area contributed by atoms with Gasteiger partial charge in [-0.25, -0.2) is 0 Å². The highest BCUT2D eigenvalue weighted by Crippen LogP contribution is 2.40. The zero-order valence-corrected chi connectivity index (χ0v) is 6.64. The molecule has 2 fully saturated rings. The van der Waals surface area contributed by atoms with E-state index in [0.29, 0.717) is 0 Å². The highest BCUT2D eigenvalue weighted by Gasteiger charge is 2.36. The molecule has 2 aliphatic rings. The van der Waals surface area contributed by atoms with Gasteiger partial charge in [-0.2, -0.15) is 0 Å². The van der Waals surface area contributed by atoms with Gasteiger partial charge in [0.1, 0.15) is 0 Å². The van der Waals surface area contributed by atoms with Crippen molar-refractivity contribution in [1.29, 1.82) is 0 Å². The van der Waals surface area contributed by atoms with Crippen molar-refractivity contribution in [3.8, 4) is 0 Å². The molecular formula is C9H15N. The first-order valence-electron chi connectivity index (χ1n) is 4.13. The van der Waals surface area contributed by atoms with Gasteiger partial charge in [0.2, 0.25) is 0 Å². The van der Waals surface area contributed by atoms with Gasteiger partial charge in [-0.15, -0.1) is 0 Å². The first-order chi connectivity index (χ1) is 4.77. The fraction of sp³-hybridized carbons (Fsp3) is 0.778. The van der Waals surface area contributed by atoms with E-state index in [0.717, 1.165) is 11.8 Å². The molecule has 1 aliphatic carbocycles. The van der Waals surface area contributed by atoms with E-state index >= 15 is 0 Å². The van der Waals surface area contributed by atoms with Crippen molar-refractivity contribution in [3.05, 3.63) is 12.2 Å². The third kappa shape index (κ3) is 0.807. The average molecular weight is 137 g/mol. The Morgan fingerprint density at radius 2 is 2.30 bits per heavy atom. The van der Waals surface area contributed by atoms with Crippen molar-refractivity contribution in [3.63, 3.8) is 0 Å². The van der Waals surface area contributed by atoms with Crippen LogP contribution >= 0.6 is 0 Å². The van der Waals surface area contributed by atoms with Crippen LogP contribution in [0.3, 0.4) is 0 Å². The lowest BCUT2D eigenvalue weighted by Gasteiger charge is -2.08. The number of fused-ring (bicyclic) bond motifs is 1. The Bertz CT molecular complexity index is 162. The van der Waals surface area contributed by atoms with Crippen LogP contribution in [0.4, 0.5) is 0 Å². The summed E-state index contributed by atoms with van der Waals surface area (Å²) in [7, 11) is 2.21. The molecule has 0 aromatic carbocycles. The monoisotopic (exact) mass is 137 g/mol. The molecule has 2 unspecified atom stereocenters. The van der Waals surface area contributed by atoms with Crippen molar-refractivity contribution in [2.24, 2.45) is 11.8 Å². The standard InChI is InChI=1S/C9H15N/c1-7-3-4-8-5-10(2)6-9(7)8/h8-9H,1,3-6H2,2H3. The van der Waals surface area contributed by atoms with Gasteiger partial charge in [-0.05, 0) is 31.7 Å². The molecule has 1 aliphatic heterocycles. The van der Waals surface area contributed by atoms with Crippen LogP contribution in [0.15, 0.2) is 12.2 Å². The normalized spacial score (nSPS) is 40.7. The molecule has 1 nitrogen and oxygen atoms in total. The summed E-state index contributed by atoms with van der Waals surface area (Å²) < 4.78 is 0. The molecule has 56 valence electrons. The molecule has 2 atom stereocenters. The van der Waals surface area contributed by atoms with Gasteiger partial charge >= 0.3 is 0 Å². The largest absolute Gasteiger partial charge is 0.305 e. The van der Waals surface area contributed by atoms with Crippen LogP contribution in [0.5, 0.6) is 0 Å². The van der Waals surface area contributed by atoms with Crippen molar-refractivity contribution >= 4 is 0 Å². The maximum atomic E-state index is 4.10. The predicted molar refractivity (Wildman–Crippen MR) is 42.9 cm³/mol. The molecule has 1 saturated carbocycles. The van der Waals surface area contributed by atoms with E-state index in [1.165, 1.54) is 31.5 Å². The molecule has 0 aromatic heterocycles. The molecule has 2 rings (SSSR count). The van der Waals surface area contributed by atoms with E-state index < -0.39 is 0 Å². The molecule has 0 N–H and O–H groups in total. The minimum Gasteiger partial charge on any atom is -0.305 e. The first kappa shape index (κ1) is 6.41. The smallest absolute Gasteiger partial charge is 0.00471 e. The van der Waals surface area contributed by atoms with Crippen molar-refractivity contribution in [2.75, 3.05) is 20.1 Å². The van der Waals surface area contributed by atoms with Crippen LogP contribution in [-0.4, -0.2) is 25.0 Å². The van der Waals surface area contributed by atoms with Crippen LogP contribution in [0, 0.1) is 11.8 Å². The van der Waals surface area contributed by atoms with E-state index in [4.69, 9.17) is 0 Å². The molecule has 0 spiro atoms. The Balaban J connectivity index is 2.12. The predicted octanol–water partition coefficient (Wildman–Crippen LogP) is 1.51. The Kier molecular flexibility index (Phi) is 1.34. The second-order valence-corrected chi connectivity index (χ2v) is 3.78. The molecular weight excluding hydrogens is 122 g/mol. The first-order valence-corrected chi connectivity index (χ1v) is 4.13. The minimum atomic E-state index is 0.852. The quantitative estimate of drug-likeness (QED) is 0.457. The molecule has 0 bridgehead atoms. The summed E-state index contributed by atoms with van der Waals surface area (Å²) in [4.78, 5) is 2.43. The second kappa shape index (κ2) is 2.09. The molecule has 0 radical (unpaired) electrons. The number of likely N-dealkylation sites (tertiary alicyclic amines) is 1. The van der Waals surface area contributed by atoms with E-state index in [1.807, 2.05) is 0 Å². The lowest BCUT2D eigenvalue weighted by atomic mass is 9.98. The lowest BCUT2D eigenvalue weighted by Crippen LogP contribution is -2.15. The number of rotatable bonds is 0. The van der Waals surface area contributed by atoms with Crippen LogP contribution < -0.4 is 0 Å².